The molecule has 1 aromatic rings. The van der Waals surface area contributed by atoms with Gasteiger partial charge in [-0.05, 0) is 59.4 Å². The molecule has 1 atom stereocenters. The Balaban J connectivity index is 2.08. The molecule has 0 saturated carbocycles. The Labute approximate surface area is 103 Å². The molecule has 3 rings (SSSR count). The van der Waals surface area contributed by atoms with Gasteiger partial charge in [0, 0.05) is 6.04 Å². The zero-order chi connectivity index (χ0) is 11.1. The van der Waals surface area contributed by atoms with Crippen molar-refractivity contribution >= 4 is 15.9 Å². The van der Waals surface area contributed by atoms with Crippen molar-refractivity contribution in [1.29, 1.82) is 0 Å². The predicted octanol–water partition coefficient (Wildman–Crippen LogP) is 2.91. The normalized spacial score (nSPS) is 22.8. The maximum Gasteiger partial charge on any atom is 0.231 e. The minimum atomic E-state index is 0.330. The molecule has 0 spiro atoms. The summed E-state index contributed by atoms with van der Waals surface area (Å²) < 4.78 is 12.0. The van der Waals surface area contributed by atoms with Crippen molar-refractivity contribution < 1.29 is 9.47 Å². The van der Waals surface area contributed by atoms with Crippen LogP contribution in [0.5, 0.6) is 11.5 Å². The lowest BCUT2D eigenvalue weighted by molar-refractivity contribution is 0.173. The largest absolute Gasteiger partial charge is 0.453 e. The molecule has 0 amide bonds. The smallest absolute Gasteiger partial charge is 0.231 e. The molecule has 3 nitrogen and oxygen atoms in total. The molecule has 4 heteroatoms. The summed E-state index contributed by atoms with van der Waals surface area (Å²) in [7, 11) is 0. The van der Waals surface area contributed by atoms with Crippen molar-refractivity contribution in [3.8, 4) is 11.5 Å². The van der Waals surface area contributed by atoms with Crippen LogP contribution in [0.4, 0.5) is 0 Å². The van der Waals surface area contributed by atoms with Crippen molar-refractivity contribution in [3.05, 3.63) is 21.7 Å². The third-order valence-electron chi connectivity index (χ3n) is 3.32. The molecule has 16 heavy (non-hydrogen) atoms. The minimum Gasteiger partial charge on any atom is -0.453 e. The van der Waals surface area contributed by atoms with Crippen molar-refractivity contribution in [3.63, 3.8) is 0 Å². The summed E-state index contributed by atoms with van der Waals surface area (Å²) >= 11 is 3.55. The van der Waals surface area contributed by atoms with Gasteiger partial charge in [0.1, 0.15) is 0 Å². The number of nitrogens with one attached hydrogen (secondary N) is 1. The molecule has 86 valence electrons. The van der Waals surface area contributed by atoms with Crippen LogP contribution in [0.3, 0.4) is 0 Å². The van der Waals surface area contributed by atoms with Crippen LogP contribution in [0, 0.1) is 6.92 Å². The van der Waals surface area contributed by atoms with Gasteiger partial charge in [-0.1, -0.05) is 0 Å². The first-order valence-corrected chi connectivity index (χ1v) is 6.38. The van der Waals surface area contributed by atoms with Crippen LogP contribution in [0.25, 0.3) is 0 Å². The number of hydrogen-bond acceptors (Lipinski definition) is 3. The number of hydrogen-bond donors (Lipinski definition) is 1. The summed E-state index contributed by atoms with van der Waals surface area (Å²) in [6.45, 7) is 3.54. The molecule has 0 aromatic heterocycles. The fourth-order valence-corrected chi connectivity index (χ4v) is 3.03. The second-order valence-corrected chi connectivity index (χ2v) is 5.14. The van der Waals surface area contributed by atoms with Crippen molar-refractivity contribution in [2.75, 3.05) is 13.3 Å². The third-order valence-corrected chi connectivity index (χ3v) is 3.91. The van der Waals surface area contributed by atoms with E-state index in [4.69, 9.17) is 9.47 Å². The summed E-state index contributed by atoms with van der Waals surface area (Å²) in [5.41, 5.74) is 2.53. The minimum absolute atomic E-state index is 0.330. The summed E-state index contributed by atoms with van der Waals surface area (Å²) in [5, 5.41) is 3.51. The Bertz CT molecular complexity index is 428. The summed E-state index contributed by atoms with van der Waals surface area (Å²) in [4.78, 5) is 0. The lowest BCUT2D eigenvalue weighted by atomic mass is 9.99. The molecule has 1 unspecified atom stereocenters. The Kier molecular flexibility index (Phi) is 2.56. The molecule has 2 aliphatic heterocycles. The first-order chi connectivity index (χ1) is 7.77. The van der Waals surface area contributed by atoms with Crippen molar-refractivity contribution in [2.45, 2.75) is 25.8 Å². The fourth-order valence-electron chi connectivity index (χ4n) is 2.49. The number of fused-ring (bicyclic) bond motifs is 1. The third kappa shape index (κ3) is 1.52. The van der Waals surface area contributed by atoms with E-state index >= 15 is 0 Å². The number of ether oxygens (including phenoxy) is 2. The number of benzene rings is 1. The van der Waals surface area contributed by atoms with Crippen molar-refractivity contribution in [2.24, 2.45) is 0 Å². The molecule has 0 radical (unpaired) electrons. The van der Waals surface area contributed by atoms with Gasteiger partial charge in [0.25, 0.3) is 0 Å². The average molecular weight is 284 g/mol. The summed E-state index contributed by atoms with van der Waals surface area (Å²) in [6.07, 6.45) is 2.45. The zero-order valence-corrected chi connectivity index (χ0v) is 10.8. The summed E-state index contributed by atoms with van der Waals surface area (Å²) in [6, 6.07) is 2.62. The molecule has 1 fully saturated rings. The molecule has 0 bridgehead atoms. The van der Waals surface area contributed by atoms with E-state index in [1.165, 1.54) is 24.0 Å². The van der Waals surface area contributed by atoms with Crippen LogP contribution < -0.4 is 14.8 Å². The second kappa shape index (κ2) is 3.93. The van der Waals surface area contributed by atoms with Gasteiger partial charge in [0.2, 0.25) is 6.79 Å². The van der Waals surface area contributed by atoms with E-state index in [0.29, 0.717) is 12.8 Å². The summed E-state index contributed by atoms with van der Waals surface area (Å²) in [5.74, 6) is 1.75. The van der Waals surface area contributed by atoms with Crippen LogP contribution in [0.1, 0.15) is 30.0 Å². The molecular formula is C12H14BrNO2. The van der Waals surface area contributed by atoms with E-state index in [0.717, 1.165) is 22.5 Å². The highest BCUT2D eigenvalue weighted by atomic mass is 79.9. The molecular weight excluding hydrogens is 270 g/mol. The van der Waals surface area contributed by atoms with E-state index in [1.54, 1.807) is 0 Å². The lowest BCUT2D eigenvalue weighted by Crippen LogP contribution is -2.14. The maximum atomic E-state index is 5.53. The van der Waals surface area contributed by atoms with Crippen LogP contribution in [-0.4, -0.2) is 13.3 Å². The van der Waals surface area contributed by atoms with E-state index < -0.39 is 0 Å². The fraction of sp³-hybridized carbons (Fsp3) is 0.500. The van der Waals surface area contributed by atoms with Gasteiger partial charge in [0.15, 0.2) is 11.5 Å². The number of rotatable bonds is 1. The van der Waals surface area contributed by atoms with E-state index in [1.807, 2.05) is 0 Å². The van der Waals surface area contributed by atoms with Gasteiger partial charge in [-0.3, -0.25) is 0 Å². The average Bonchev–Trinajstić information content (AvgIpc) is 2.92. The maximum absolute atomic E-state index is 5.53. The van der Waals surface area contributed by atoms with Gasteiger partial charge < -0.3 is 14.8 Å². The van der Waals surface area contributed by atoms with E-state index in [-0.39, 0.29) is 0 Å². The molecule has 1 saturated heterocycles. The van der Waals surface area contributed by atoms with Gasteiger partial charge in [-0.2, -0.15) is 0 Å². The number of halogens is 1. The SMILES string of the molecule is Cc1c(C2CCCN2)cc(Br)c2c1OCO2. The zero-order valence-electron chi connectivity index (χ0n) is 9.18. The van der Waals surface area contributed by atoms with Gasteiger partial charge in [-0.25, -0.2) is 0 Å². The monoisotopic (exact) mass is 283 g/mol. The quantitative estimate of drug-likeness (QED) is 0.860. The van der Waals surface area contributed by atoms with E-state index in [2.05, 4.69) is 34.2 Å². The Hall–Kier alpha value is -0.740. The van der Waals surface area contributed by atoms with Gasteiger partial charge >= 0.3 is 0 Å². The second-order valence-electron chi connectivity index (χ2n) is 4.29. The Morgan fingerprint density at radius 3 is 2.94 bits per heavy atom. The van der Waals surface area contributed by atoms with Crippen LogP contribution >= 0.6 is 15.9 Å². The predicted molar refractivity (Wildman–Crippen MR) is 65.0 cm³/mol. The highest BCUT2D eigenvalue weighted by Crippen LogP contribution is 2.45. The van der Waals surface area contributed by atoms with Crippen LogP contribution in [0.2, 0.25) is 0 Å². The molecule has 2 aliphatic rings. The lowest BCUT2D eigenvalue weighted by Gasteiger charge is -2.16. The molecule has 1 aromatic carbocycles. The molecule has 1 N–H and O–H groups in total. The van der Waals surface area contributed by atoms with Gasteiger partial charge in [-0.15, -0.1) is 0 Å². The first kappa shape index (κ1) is 10.4. The standard InChI is InChI=1S/C12H14BrNO2/c1-7-8(10-3-2-4-14-10)5-9(13)12-11(7)15-6-16-12/h5,10,14H,2-4,6H2,1H3. The van der Waals surface area contributed by atoms with Gasteiger partial charge in [0.05, 0.1) is 4.47 Å². The highest BCUT2D eigenvalue weighted by Gasteiger charge is 2.26. The Morgan fingerprint density at radius 2 is 2.19 bits per heavy atom. The van der Waals surface area contributed by atoms with E-state index in [9.17, 15) is 0 Å². The highest BCUT2D eigenvalue weighted by molar-refractivity contribution is 9.10. The Morgan fingerprint density at radius 1 is 1.38 bits per heavy atom. The van der Waals surface area contributed by atoms with Crippen LogP contribution in [0.15, 0.2) is 10.5 Å². The first-order valence-electron chi connectivity index (χ1n) is 5.59. The topological polar surface area (TPSA) is 30.5 Å². The molecule has 0 aliphatic carbocycles. The van der Waals surface area contributed by atoms with Crippen LogP contribution in [-0.2, 0) is 0 Å². The van der Waals surface area contributed by atoms with Crippen molar-refractivity contribution in [1.82, 2.24) is 5.32 Å². The molecule has 2 heterocycles.